The molecule has 1 aromatic rings. The van der Waals surface area contributed by atoms with Crippen molar-refractivity contribution in [2.45, 2.75) is 26.7 Å². The number of sulfonamides is 1. The fourth-order valence-corrected chi connectivity index (χ4v) is 3.52. The van der Waals surface area contributed by atoms with E-state index in [1.807, 2.05) is 13.8 Å². The zero-order valence-corrected chi connectivity index (χ0v) is 16.5. The van der Waals surface area contributed by atoms with Gasteiger partial charge in [0, 0.05) is 36.1 Å². The first-order valence-electron chi connectivity index (χ1n) is 7.75. The highest BCUT2D eigenvalue weighted by molar-refractivity contribution is 7.88. The van der Waals surface area contributed by atoms with Crippen molar-refractivity contribution < 1.29 is 13.2 Å². The summed E-state index contributed by atoms with van der Waals surface area (Å²) in [5.41, 5.74) is 0.832. The Morgan fingerprint density at radius 2 is 1.92 bits per heavy atom. The molecule has 1 rings (SSSR count). The van der Waals surface area contributed by atoms with Gasteiger partial charge in [0.15, 0.2) is 0 Å². The third kappa shape index (κ3) is 7.83. The maximum Gasteiger partial charge on any atom is 0.220 e. The Kier molecular flexibility index (Phi) is 8.50. The molecule has 1 N–H and O–H groups in total. The lowest BCUT2D eigenvalue weighted by Gasteiger charge is -2.20. The Labute approximate surface area is 154 Å². The summed E-state index contributed by atoms with van der Waals surface area (Å²) in [7, 11) is -3.36. The highest BCUT2D eigenvalue weighted by Crippen LogP contribution is 2.21. The zero-order valence-electron chi connectivity index (χ0n) is 14.2. The van der Waals surface area contributed by atoms with E-state index in [0.29, 0.717) is 29.4 Å². The van der Waals surface area contributed by atoms with Crippen molar-refractivity contribution in [2.75, 3.05) is 25.9 Å². The van der Waals surface area contributed by atoms with E-state index in [-0.39, 0.29) is 24.9 Å². The van der Waals surface area contributed by atoms with E-state index >= 15 is 0 Å². The number of carbonyl (C=O) groups is 1. The van der Waals surface area contributed by atoms with Crippen molar-refractivity contribution in [3.63, 3.8) is 0 Å². The van der Waals surface area contributed by atoms with E-state index in [4.69, 9.17) is 23.2 Å². The zero-order chi connectivity index (χ0) is 18.3. The minimum Gasteiger partial charge on any atom is -0.355 e. The van der Waals surface area contributed by atoms with E-state index in [1.54, 1.807) is 18.2 Å². The number of rotatable bonds is 9. The maximum atomic E-state index is 11.9. The van der Waals surface area contributed by atoms with Crippen LogP contribution in [0, 0.1) is 5.92 Å². The molecule has 0 aliphatic heterocycles. The summed E-state index contributed by atoms with van der Waals surface area (Å²) in [4.78, 5) is 11.6. The van der Waals surface area contributed by atoms with Gasteiger partial charge in [-0.05, 0) is 30.0 Å². The lowest BCUT2D eigenvalue weighted by molar-refractivity contribution is -0.121. The summed E-state index contributed by atoms with van der Waals surface area (Å²) >= 11 is 12.0. The summed E-state index contributed by atoms with van der Waals surface area (Å²) in [5.74, 6) is 0.197. The second-order valence-electron chi connectivity index (χ2n) is 6.10. The van der Waals surface area contributed by atoms with Gasteiger partial charge in [-0.2, -0.15) is 0 Å². The Hall–Kier alpha value is -0.820. The average molecular weight is 395 g/mol. The topological polar surface area (TPSA) is 66.5 Å². The van der Waals surface area contributed by atoms with Crippen LogP contribution in [0.1, 0.15) is 25.8 Å². The van der Waals surface area contributed by atoms with Crippen molar-refractivity contribution in [2.24, 2.45) is 5.92 Å². The van der Waals surface area contributed by atoms with Crippen LogP contribution >= 0.6 is 23.2 Å². The second kappa shape index (κ2) is 9.61. The molecule has 0 aliphatic rings. The van der Waals surface area contributed by atoms with Crippen molar-refractivity contribution in [1.82, 2.24) is 9.62 Å². The van der Waals surface area contributed by atoms with Crippen LogP contribution < -0.4 is 5.32 Å². The predicted molar refractivity (Wildman–Crippen MR) is 99.0 cm³/mol. The summed E-state index contributed by atoms with van der Waals surface area (Å²) in [6, 6.07) is 5.14. The standard InChI is InChI=1S/C16H24Cl2N2O3S/c1-12(2)10-16(21)19-7-9-20(24(3,22)23)8-6-13-4-5-14(17)11-15(13)18/h4-5,11-12H,6-10H2,1-3H3,(H,19,21). The minimum absolute atomic E-state index is 0.0702. The molecular formula is C16H24Cl2N2O3S. The first-order chi connectivity index (χ1) is 11.1. The molecule has 0 saturated heterocycles. The number of carbonyl (C=O) groups excluding carboxylic acids is 1. The summed E-state index contributed by atoms with van der Waals surface area (Å²) in [5, 5.41) is 3.80. The summed E-state index contributed by atoms with van der Waals surface area (Å²) in [6.45, 7) is 4.72. The van der Waals surface area contributed by atoms with Crippen LogP contribution in [0.2, 0.25) is 10.0 Å². The van der Waals surface area contributed by atoms with Crippen LogP contribution in [0.3, 0.4) is 0 Å². The van der Waals surface area contributed by atoms with Gasteiger partial charge in [-0.15, -0.1) is 0 Å². The molecule has 0 radical (unpaired) electrons. The van der Waals surface area contributed by atoms with E-state index < -0.39 is 10.0 Å². The number of hydrogen-bond acceptors (Lipinski definition) is 3. The van der Waals surface area contributed by atoms with Crippen LogP contribution in [0.4, 0.5) is 0 Å². The minimum atomic E-state index is -3.36. The molecule has 8 heteroatoms. The van der Waals surface area contributed by atoms with Crippen molar-refractivity contribution in [3.8, 4) is 0 Å². The molecular weight excluding hydrogens is 371 g/mol. The van der Waals surface area contributed by atoms with Crippen LogP contribution in [0.15, 0.2) is 18.2 Å². The SMILES string of the molecule is CC(C)CC(=O)NCCN(CCc1ccc(Cl)cc1Cl)S(C)(=O)=O. The van der Waals surface area contributed by atoms with Crippen molar-refractivity contribution in [3.05, 3.63) is 33.8 Å². The lowest BCUT2D eigenvalue weighted by atomic mass is 10.1. The molecule has 24 heavy (non-hydrogen) atoms. The average Bonchev–Trinajstić information content (AvgIpc) is 2.42. The fourth-order valence-electron chi connectivity index (χ4n) is 2.18. The fraction of sp³-hybridized carbons (Fsp3) is 0.562. The quantitative estimate of drug-likeness (QED) is 0.699. The van der Waals surface area contributed by atoms with Gasteiger partial charge < -0.3 is 5.32 Å². The van der Waals surface area contributed by atoms with Gasteiger partial charge in [0.05, 0.1) is 6.26 Å². The van der Waals surface area contributed by atoms with E-state index in [9.17, 15) is 13.2 Å². The Morgan fingerprint density at radius 3 is 2.46 bits per heavy atom. The van der Waals surface area contributed by atoms with Crippen LogP contribution in [0.25, 0.3) is 0 Å². The van der Waals surface area contributed by atoms with E-state index in [0.717, 1.165) is 11.8 Å². The van der Waals surface area contributed by atoms with Gasteiger partial charge in [-0.25, -0.2) is 12.7 Å². The first-order valence-corrected chi connectivity index (χ1v) is 10.4. The van der Waals surface area contributed by atoms with Crippen molar-refractivity contribution >= 4 is 39.1 Å². The number of hydrogen-bond donors (Lipinski definition) is 1. The van der Waals surface area contributed by atoms with Gasteiger partial charge in [-0.3, -0.25) is 4.79 Å². The molecule has 0 spiro atoms. The number of benzene rings is 1. The van der Waals surface area contributed by atoms with Gasteiger partial charge >= 0.3 is 0 Å². The van der Waals surface area contributed by atoms with Crippen LogP contribution in [-0.2, 0) is 21.2 Å². The molecule has 0 atom stereocenters. The Morgan fingerprint density at radius 1 is 1.25 bits per heavy atom. The highest BCUT2D eigenvalue weighted by Gasteiger charge is 2.17. The maximum absolute atomic E-state index is 11.9. The molecule has 0 saturated carbocycles. The third-order valence-corrected chi connectivity index (χ3v) is 5.28. The monoisotopic (exact) mass is 394 g/mol. The van der Waals surface area contributed by atoms with Gasteiger partial charge in [0.25, 0.3) is 0 Å². The molecule has 136 valence electrons. The van der Waals surface area contributed by atoms with Gasteiger partial charge in [-0.1, -0.05) is 43.1 Å². The molecule has 5 nitrogen and oxygen atoms in total. The second-order valence-corrected chi connectivity index (χ2v) is 8.92. The molecule has 0 aromatic heterocycles. The largest absolute Gasteiger partial charge is 0.355 e. The molecule has 0 aliphatic carbocycles. The molecule has 0 heterocycles. The number of halogens is 2. The Balaban J connectivity index is 2.59. The number of amides is 1. The number of nitrogens with zero attached hydrogens (tertiary/aromatic N) is 1. The van der Waals surface area contributed by atoms with E-state index in [2.05, 4.69) is 5.32 Å². The normalized spacial score (nSPS) is 12.0. The predicted octanol–water partition coefficient (Wildman–Crippen LogP) is 2.96. The molecule has 1 amide bonds. The highest BCUT2D eigenvalue weighted by atomic mass is 35.5. The number of nitrogens with one attached hydrogen (secondary N) is 1. The molecule has 0 unspecified atom stereocenters. The lowest BCUT2D eigenvalue weighted by Crippen LogP contribution is -2.39. The summed E-state index contributed by atoms with van der Waals surface area (Å²) < 4.78 is 25.1. The van der Waals surface area contributed by atoms with E-state index in [1.165, 1.54) is 4.31 Å². The molecule has 0 bridgehead atoms. The van der Waals surface area contributed by atoms with Crippen LogP contribution in [0.5, 0.6) is 0 Å². The summed E-state index contributed by atoms with van der Waals surface area (Å²) in [6.07, 6.45) is 2.06. The van der Waals surface area contributed by atoms with Crippen molar-refractivity contribution in [1.29, 1.82) is 0 Å². The molecule has 1 aromatic carbocycles. The Bertz CT molecular complexity index is 663. The molecule has 0 fully saturated rings. The first kappa shape index (κ1) is 21.2. The van der Waals surface area contributed by atoms with Gasteiger partial charge in [0.1, 0.15) is 0 Å². The third-order valence-electron chi connectivity index (χ3n) is 3.39. The smallest absolute Gasteiger partial charge is 0.220 e. The van der Waals surface area contributed by atoms with Gasteiger partial charge in [0.2, 0.25) is 15.9 Å². The van der Waals surface area contributed by atoms with Crippen LogP contribution in [-0.4, -0.2) is 44.5 Å².